The number of rotatable bonds is 13. The molecule has 0 aromatic heterocycles. The Labute approximate surface area is 230 Å². The highest BCUT2D eigenvalue weighted by molar-refractivity contribution is 7.91. The molecule has 1 fully saturated rings. The van der Waals surface area contributed by atoms with Gasteiger partial charge in [-0.2, -0.15) is 0 Å². The first-order chi connectivity index (χ1) is 17.9. The third kappa shape index (κ3) is 7.60. The lowest BCUT2D eigenvalue weighted by Gasteiger charge is -2.35. The summed E-state index contributed by atoms with van der Waals surface area (Å²) < 4.78 is 42.8. The van der Waals surface area contributed by atoms with E-state index in [-0.39, 0.29) is 22.8 Å². The summed E-state index contributed by atoms with van der Waals surface area (Å²) in [6.07, 6.45) is 4.60. The minimum Gasteiger partial charge on any atom is -0.484 e. The minimum absolute atomic E-state index is 0.0148. The monoisotopic (exact) mass is 570 g/mol. The van der Waals surface area contributed by atoms with Gasteiger partial charge >= 0.3 is 0 Å². The topological polar surface area (TPSA) is 91.1 Å². The quantitative estimate of drug-likeness (QED) is 0.349. The highest BCUT2D eigenvalue weighted by Crippen LogP contribution is 2.43. The van der Waals surface area contributed by atoms with Gasteiger partial charge in [-0.05, 0) is 80.7 Å². The summed E-state index contributed by atoms with van der Waals surface area (Å²) in [5, 5.41) is 1.26. The van der Waals surface area contributed by atoms with Crippen molar-refractivity contribution in [3.8, 4) is 5.75 Å². The highest BCUT2D eigenvalue weighted by Gasteiger charge is 2.40. The maximum Gasteiger partial charge on any atom is 0.178 e. The van der Waals surface area contributed by atoms with E-state index < -0.39 is 9.84 Å². The van der Waals surface area contributed by atoms with E-state index in [1.54, 1.807) is 30.3 Å². The molecule has 2 aromatic carbocycles. The van der Waals surface area contributed by atoms with Gasteiger partial charge in [0.05, 0.1) is 36.5 Å². The van der Waals surface area contributed by atoms with Gasteiger partial charge in [-0.25, -0.2) is 8.42 Å². The summed E-state index contributed by atoms with van der Waals surface area (Å²) >= 11 is 12.9. The fourth-order valence-electron chi connectivity index (χ4n) is 5.07. The van der Waals surface area contributed by atoms with Crippen LogP contribution in [0.15, 0.2) is 41.3 Å². The Hall–Kier alpha value is -1.39. The van der Waals surface area contributed by atoms with Gasteiger partial charge in [-0.3, -0.25) is 4.90 Å². The molecule has 7 nitrogen and oxygen atoms in total. The van der Waals surface area contributed by atoms with E-state index in [9.17, 15) is 8.42 Å². The van der Waals surface area contributed by atoms with E-state index in [1.165, 1.54) is 19.3 Å². The molecule has 204 valence electrons. The summed E-state index contributed by atoms with van der Waals surface area (Å²) in [7, 11) is -3.42. The second-order valence-electron chi connectivity index (χ2n) is 9.52. The fraction of sp³-hybridized carbons (Fsp3) is 0.556. The summed E-state index contributed by atoms with van der Waals surface area (Å²) in [6.45, 7) is 4.26. The van der Waals surface area contributed by atoms with Crippen molar-refractivity contribution in [3.63, 3.8) is 0 Å². The third-order valence-electron chi connectivity index (χ3n) is 6.91. The molecule has 2 aromatic rings. The zero-order chi connectivity index (χ0) is 26.3. The maximum absolute atomic E-state index is 12.8. The summed E-state index contributed by atoms with van der Waals surface area (Å²) in [6, 6.07) is 10.6. The van der Waals surface area contributed by atoms with Crippen molar-refractivity contribution >= 4 is 33.0 Å². The maximum atomic E-state index is 12.8. The molecule has 0 radical (unpaired) electrons. The standard InChI is InChI=1S/C27H36Cl2N2O5S/c28-20-17-24-23(25(29)18-20)19-26(31-10-2-1-3-11-31)27(24)36-21-5-7-22(8-6-21)37(32,33)16-4-12-34-14-15-35-13-9-30/h5-8,17-18,26-27H,1-4,9-16,19,30H2/t26-,27-/m0/s1. The lowest BCUT2D eigenvalue weighted by atomic mass is 10.0. The van der Waals surface area contributed by atoms with E-state index in [0.29, 0.717) is 55.2 Å². The van der Waals surface area contributed by atoms with Crippen LogP contribution in [0.2, 0.25) is 10.0 Å². The predicted octanol–water partition coefficient (Wildman–Crippen LogP) is 4.68. The van der Waals surface area contributed by atoms with Crippen molar-refractivity contribution in [2.24, 2.45) is 5.73 Å². The van der Waals surface area contributed by atoms with Crippen LogP contribution in [0.3, 0.4) is 0 Å². The Bertz CT molecular complexity index is 1120. The van der Waals surface area contributed by atoms with Crippen LogP contribution in [0.25, 0.3) is 0 Å². The smallest absolute Gasteiger partial charge is 0.178 e. The molecule has 0 unspecified atom stereocenters. The number of nitrogens with zero attached hydrogens (tertiary/aromatic N) is 1. The SMILES string of the molecule is NCCOCCOCCCS(=O)(=O)c1ccc(O[C@H]2c3cc(Cl)cc(Cl)c3C[C@@H]2N2CCCCC2)cc1. The van der Waals surface area contributed by atoms with Crippen LogP contribution < -0.4 is 10.5 Å². The molecule has 37 heavy (non-hydrogen) atoms. The molecule has 4 rings (SSSR count). The van der Waals surface area contributed by atoms with Crippen LogP contribution >= 0.6 is 23.2 Å². The third-order valence-corrected chi connectivity index (χ3v) is 9.28. The van der Waals surface area contributed by atoms with Crippen LogP contribution in [-0.2, 0) is 25.7 Å². The number of halogens is 2. The van der Waals surface area contributed by atoms with Crippen molar-refractivity contribution in [1.29, 1.82) is 0 Å². The van der Waals surface area contributed by atoms with Crippen molar-refractivity contribution in [2.75, 3.05) is 51.8 Å². The molecule has 0 spiro atoms. The van der Waals surface area contributed by atoms with Gasteiger partial charge in [0.25, 0.3) is 0 Å². The van der Waals surface area contributed by atoms with Gasteiger partial charge in [0.1, 0.15) is 11.9 Å². The molecule has 1 heterocycles. The van der Waals surface area contributed by atoms with Crippen molar-refractivity contribution in [3.05, 3.63) is 57.6 Å². The van der Waals surface area contributed by atoms with Crippen molar-refractivity contribution in [2.45, 2.75) is 49.1 Å². The molecule has 1 aliphatic carbocycles. The lowest BCUT2D eigenvalue weighted by molar-refractivity contribution is 0.0512. The normalized spacial score (nSPS) is 20.2. The van der Waals surface area contributed by atoms with E-state index in [1.807, 2.05) is 6.07 Å². The number of ether oxygens (including phenoxy) is 3. The molecule has 1 saturated heterocycles. The second-order valence-corrected chi connectivity index (χ2v) is 12.5. The second kappa shape index (κ2) is 13.6. The average Bonchev–Trinajstić information content (AvgIpc) is 3.25. The van der Waals surface area contributed by atoms with Gasteiger partial charge in [0, 0.05) is 28.8 Å². The molecule has 2 atom stereocenters. The highest BCUT2D eigenvalue weighted by atomic mass is 35.5. The Balaban J connectivity index is 1.39. The summed E-state index contributed by atoms with van der Waals surface area (Å²) in [5.41, 5.74) is 7.45. The first kappa shape index (κ1) is 28.6. The lowest BCUT2D eigenvalue weighted by Crippen LogP contribution is -2.43. The van der Waals surface area contributed by atoms with E-state index in [2.05, 4.69) is 4.90 Å². The number of likely N-dealkylation sites (tertiary alicyclic amines) is 1. The number of benzene rings is 2. The molecule has 0 bridgehead atoms. The molecule has 0 saturated carbocycles. The van der Waals surface area contributed by atoms with Crippen LogP contribution in [0, 0.1) is 0 Å². The number of hydrogen-bond acceptors (Lipinski definition) is 7. The van der Waals surface area contributed by atoms with Crippen LogP contribution in [0.1, 0.15) is 42.9 Å². The Kier molecular flexibility index (Phi) is 10.5. The predicted molar refractivity (Wildman–Crippen MR) is 147 cm³/mol. The fourth-order valence-corrected chi connectivity index (χ4v) is 6.95. The number of sulfone groups is 1. The minimum atomic E-state index is -3.42. The molecule has 2 aliphatic rings. The van der Waals surface area contributed by atoms with Gasteiger partial charge in [0.15, 0.2) is 9.84 Å². The number of nitrogens with two attached hydrogens (primary N) is 1. The van der Waals surface area contributed by atoms with Crippen LogP contribution in [0.4, 0.5) is 0 Å². The number of hydrogen-bond donors (Lipinski definition) is 1. The summed E-state index contributed by atoms with van der Waals surface area (Å²) in [5.74, 6) is 0.636. The Morgan fingerprint density at radius 3 is 2.35 bits per heavy atom. The van der Waals surface area contributed by atoms with E-state index in [4.69, 9.17) is 43.1 Å². The Morgan fingerprint density at radius 1 is 0.946 bits per heavy atom. The van der Waals surface area contributed by atoms with Crippen LogP contribution in [-0.4, -0.2) is 71.2 Å². The molecule has 2 N–H and O–H groups in total. The molecular formula is C27H36Cl2N2O5S. The van der Waals surface area contributed by atoms with Crippen molar-refractivity contribution < 1.29 is 22.6 Å². The number of fused-ring (bicyclic) bond motifs is 1. The van der Waals surface area contributed by atoms with Crippen molar-refractivity contribution in [1.82, 2.24) is 4.90 Å². The zero-order valence-electron chi connectivity index (χ0n) is 21.0. The Morgan fingerprint density at radius 2 is 1.65 bits per heavy atom. The van der Waals surface area contributed by atoms with Gasteiger partial charge in [0.2, 0.25) is 0 Å². The van der Waals surface area contributed by atoms with Gasteiger partial charge in [-0.15, -0.1) is 0 Å². The molecular weight excluding hydrogens is 535 g/mol. The van der Waals surface area contributed by atoms with Crippen LogP contribution in [0.5, 0.6) is 5.75 Å². The first-order valence-electron chi connectivity index (χ1n) is 13.0. The van der Waals surface area contributed by atoms with E-state index in [0.717, 1.165) is 30.6 Å². The molecule has 0 amide bonds. The number of piperidine rings is 1. The van der Waals surface area contributed by atoms with Gasteiger partial charge in [-0.1, -0.05) is 29.6 Å². The molecule has 10 heteroatoms. The first-order valence-corrected chi connectivity index (χ1v) is 15.4. The summed E-state index contributed by atoms with van der Waals surface area (Å²) in [4.78, 5) is 2.76. The largest absolute Gasteiger partial charge is 0.484 e. The molecule has 1 aliphatic heterocycles. The zero-order valence-corrected chi connectivity index (χ0v) is 23.4. The van der Waals surface area contributed by atoms with E-state index >= 15 is 0 Å². The van der Waals surface area contributed by atoms with Gasteiger partial charge < -0.3 is 19.9 Å². The average molecular weight is 572 g/mol.